The molecule has 0 radical (unpaired) electrons. The highest BCUT2D eigenvalue weighted by Gasteiger charge is 2.10. The van der Waals surface area contributed by atoms with Gasteiger partial charge in [0.25, 0.3) is 0 Å². The molecule has 0 aromatic heterocycles. The lowest BCUT2D eigenvalue weighted by Crippen LogP contribution is -2.36. The van der Waals surface area contributed by atoms with Crippen molar-refractivity contribution in [2.24, 2.45) is 16.5 Å². The lowest BCUT2D eigenvalue weighted by molar-refractivity contribution is 0.192. The predicted molar refractivity (Wildman–Crippen MR) is 79.9 cm³/mol. The van der Waals surface area contributed by atoms with Gasteiger partial charge in [-0.05, 0) is 19.1 Å². The molecule has 0 aliphatic rings. The van der Waals surface area contributed by atoms with E-state index in [4.69, 9.17) is 21.6 Å². The highest BCUT2D eigenvalue weighted by molar-refractivity contribution is 5.91. The van der Waals surface area contributed by atoms with Crippen molar-refractivity contribution in [1.82, 2.24) is 4.90 Å². The quantitative estimate of drug-likeness (QED) is 0.568. The predicted octanol–water partition coefficient (Wildman–Crippen LogP) is 1.02. The molecule has 0 heterocycles. The topological polar surface area (TPSA) is 101 Å². The normalized spacial score (nSPS) is 10.8. The van der Waals surface area contributed by atoms with Crippen molar-refractivity contribution in [3.63, 3.8) is 0 Å². The number of aliphatic imine (C=N–C) groups is 1. The van der Waals surface area contributed by atoms with E-state index in [2.05, 4.69) is 4.99 Å². The summed E-state index contributed by atoms with van der Waals surface area (Å²) in [5, 5.41) is 7.62. The molecular weight excluding hydrogens is 266 g/mol. The maximum atomic E-state index is 7.62. The molecule has 0 spiro atoms. The summed E-state index contributed by atoms with van der Waals surface area (Å²) in [6.45, 7) is 2.44. The maximum absolute atomic E-state index is 7.62. The van der Waals surface area contributed by atoms with Gasteiger partial charge in [-0.3, -0.25) is 5.41 Å². The van der Waals surface area contributed by atoms with Gasteiger partial charge in [-0.15, -0.1) is 12.4 Å². The van der Waals surface area contributed by atoms with Crippen molar-refractivity contribution in [3.05, 3.63) is 30.3 Å². The van der Waals surface area contributed by atoms with Crippen molar-refractivity contribution in [3.8, 4) is 5.75 Å². The fourth-order valence-electron chi connectivity index (χ4n) is 1.45. The summed E-state index contributed by atoms with van der Waals surface area (Å²) >= 11 is 0. The van der Waals surface area contributed by atoms with Crippen LogP contribution in [0.15, 0.2) is 35.3 Å². The van der Waals surface area contributed by atoms with E-state index in [1.54, 1.807) is 11.9 Å². The number of benzene rings is 1. The first-order valence-electron chi connectivity index (χ1n) is 5.60. The Labute approximate surface area is 119 Å². The van der Waals surface area contributed by atoms with Crippen LogP contribution >= 0.6 is 12.4 Å². The van der Waals surface area contributed by atoms with Gasteiger partial charge in [0.05, 0.1) is 6.54 Å². The molecule has 106 valence electrons. The van der Waals surface area contributed by atoms with Crippen LogP contribution in [0.1, 0.15) is 6.92 Å². The molecule has 6 nitrogen and oxygen atoms in total. The van der Waals surface area contributed by atoms with Crippen molar-refractivity contribution < 1.29 is 4.74 Å². The Kier molecular flexibility index (Phi) is 7.36. The molecule has 1 aromatic carbocycles. The van der Waals surface area contributed by atoms with Crippen molar-refractivity contribution in [1.29, 1.82) is 5.41 Å². The fraction of sp³-hybridized carbons (Fsp3) is 0.333. The second-order valence-corrected chi connectivity index (χ2v) is 3.98. The van der Waals surface area contributed by atoms with Crippen LogP contribution in [0.2, 0.25) is 0 Å². The number of nitrogens with zero attached hydrogens (tertiary/aromatic N) is 2. The monoisotopic (exact) mass is 285 g/mol. The molecule has 5 N–H and O–H groups in total. The lowest BCUT2D eigenvalue weighted by Gasteiger charge is -2.22. The molecule has 0 fully saturated rings. The molecule has 0 bridgehead atoms. The Morgan fingerprint density at radius 3 is 2.47 bits per heavy atom. The minimum atomic E-state index is -0.122. The standard InChI is InChI=1S/C12H19N5O.ClH/c1-9(18-10-6-4-3-5-7-10)8-17(2)12(15)16-11(13)14;/h3-7,9H,8H2,1-2H3,(H5,13,14,15,16);1H. The maximum Gasteiger partial charge on any atom is 0.220 e. The van der Waals surface area contributed by atoms with Crippen LogP contribution in [0.5, 0.6) is 5.75 Å². The van der Waals surface area contributed by atoms with Crippen LogP contribution in [0.4, 0.5) is 0 Å². The Bertz CT molecular complexity index is 419. The average Bonchev–Trinajstić information content (AvgIpc) is 2.29. The number of hydrogen-bond donors (Lipinski definition) is 3. The van der Waals surface area contributed by atoms with Crippen molar-refractivity contribution in [2.45, 2.75) is 13.0 Å². The largest absolute Gasteiger partial charge is 0.489 e. The first-order valence-corrected chi connectivity index (χ1v) is 5.60. The van der Waals surface area contributed by atoms with E-state index in [9.17, 15) is 0 Å². The van der Waals surface area contributed by atoms with E-state index in [-0.39, 0.29) is 30.4 Å². The molecule has 1 aromatic rings. The summed E-state index contributed by atoms with van der Waals surface area (Å²) in [6.07, 6.45) is -0.0769. The molecule has 1 rings (SSSR count). The lowest BCUT2D eigenvalue weighted by atomic mass is 10.3. The van der Waals surface area contributed by atoms with Gasteiger partial charge in [-0.2, -0.15) is 4.99 Å². The van der Waals surface area contributed by atoms with E-state index in [0.29, 0.717) is 6.54 Å². The Morgan fingerprint density at radius 1 is 1.37 bits per heavy atom. The molecule has 1 unspecified atom stereocenters. The van der Waals surface area contributed by atoms with Gasteiger partial charge in [0, 0.05) is 7.05 Å². The van der Waals surface area contributed by atoms with Crippen molar-refractivity contribution in [2.75, 3.05) is 13.6 Å². The van der Waals surface area contributed by atoms with Gasteiger partial charge >= 0.3 is 0 Å². The van der Waals surface area contributed by atoms with E-state index >= 15 is 0 Å². The van der Waals surface area contributed by atoms with Gasteiger partial charge in [0.1, 0.15) is 11.9 Å². The summed E-state index contributed by atoms with van der Waals surface area (Å²) in [5.74, 6) is 0.689. The Balaban J connectivity index is 0.00000324. The molecule has 0 saturated carbocycles. The van der Waals surface area contributed by atoms with Crippen LogP contribution in [0.3, 0.4) is 0 Å². The van der Waals surface area contributed by atoms with E-state index in [0.717, 1.165) is 5.75 Å². The van der Waals surface area contributed by atoms with Crippen LogP contribution in [0, 0.1) is 5.41 Å². The SMILES string of the molecule is CC(CN(C)C(=N)N=C(N)N)Oc1ccccc1.Cl. The molecule has 19 heavy (non-hydrogen) atoms. The molecule has 0 saturated heterocycles. The third-order valence-corrected chi connectivity index (χ3v) is 2.21. The number of likely N-dealkylation sites (N-methyl/N-ethyl adjacent to an activating group) is 1. The fourth-order valence-corrected chi connectivity index (χ4v) is 1.45. The zero-order valence-corrected chi connectivity index (χ0v) is 11.9. The average molecular weight is 286 g/mol. The Morgan fingerprint density at radius 2 is 1.95 bits per heavy atom. The van der Waals surface area contributed by atoms with Gasteiger partial charge < -0.3 is 21.1 Å². The van der Waals surface area contributed by atoms with Gasteiger partial charge in [0.15, 0.2) is 5.96 Å². The highest BCUT2D eigenvalue weighted by atomic mass is 35.5. The first kappa shape index (κ1) is 17.1. The van der Waals surface area contributed by atoms with E-state index in [1.807, 2.05) is 37.3 Å². The Hall–Kier alpha value is -1.95. The molecular formula is C12H20ClN5O. The number of hydrogen-bond acceptors (Lipinski definition) is 2. The van der Waals surface area contributed by atoms with Gasteiger partial charge in [-0.1, -0.05) is 18.2 Å². The summed E-state index contributed by atoms with van der Waals surface area (Å²) < 4.78 is 5.69. The molecule has 0 aliphatic heterocycles. The third kappa shape index (κ3) is 6.52. The molecule has 7 heteroatoms. The van der Waals surface area contributed by atoms with Crippen LogP contribution in [0.25, 0.3) is 0 Å². The van der Waals surface area contributed by atoms with Crippen LogP contribution < -0.4 is 16.2 Å². The van der Waals surface area contributed by atoms with Crippen molar-refractivity contribution >= 4 is 24.3 Å². The number of para-hydroxylation sites is 1. The summed E-state index contributed by atoms with van der Waals surface area (Å²) in [5.41, 5.74) is 10.4. The smallest absolute Gasteiger partial charge is 0.220 e. The molecule has 0 aliphatic carbocycles. The zero-order valence-electron chi connectivity index (χ0n) is 11.0. The van der Waals surface area contributed by atoms with Crippen LogP contribution in [-0.2, 0) is 0 Å². The number of nitrogens with one attached hydrogen (secondary N) is 1. The summed E-state index contributed by atoms with van der Waals surface area (Å²) in [4.78, 5) is 5.28. The van der Waals surface area contributed by atoms with E-state index < -0.39 is 0 Å². The highest BCUT2D eigenvalue weighted by Crippen LogP contribution is 2.11. The van der Waals surface area contributed by atoms with E-state index in [1.165, 1.54) is 0 Å². The number of guanidine groups is 2. The minimum Gasteiger partial charge on any atom is -0.489 e. The molecule has 0 amide bonds. The zero-order chi connectivity index (χ0) is 13.5. The van der Waals surface area contributed by atoms with Gasteiger partial charge in [0.2, 0.25) is 5.96 Å². The molecule has 1 atom stereocenters. The first-order chi connectivity index (χ1) is 8.49. The third-order valence-electron chi connectivity index (χ3n) is 2.21. The number of nitrogens with two attached hydrogens (primary N) is 2. The van der Waals surface area contributed by atoms with Gasteiger partial charge in [-0.25, -0.2) is 0 Å². The minimum absolute atomic E-state index is 0. The second kappa shape index (κ2) is 8.20. The number of ether oxygens (including phenoxy) is 1. The summed E-state index contributed by atoms with van der Waals surface area (Å²) in [6, 6.07) is 9.52. The second-order valence-electron chi connectivity index (χ2n) is 3.98. The van der Waals surface area contributed by atoms with Crippen LogP contribution in [-0.4, -0.2) is 36.5 Å². The summed E-state index contributed by atoms with van der Waals surface area (Å²) in [7, 11) is 1.74. The number of halogens is 1. The number of rotatable bonds is 4.